The van der Waals surface area contributed by atoms with Crippen molar-refractivity contribution >= 4 is 45.8 Å². The molecule has 2 amide bonds. The third kappa shape index (κ3) is 4.32. The lowest BCUT2D eigenvalue weighted by Crippen LogP contribution is -2.37. The molecule has 0 saturated carbocycles. The SMILES string of the molecule is CCCCOc1ccc([C@@H]2[C@H]3C(=O)N(c4ccccc4I)C(=O)[C@H]3ON2c2ccccc2)cc1OC. The van der Waals surface area contributed by atoms with E-state index in [1.54, 1.807) is 18.2 Å². The summed E-state index contributed by atoms with van der Waals surface area (Å²) in [7, 11) is 1.60. The molecular weight excluding hydrogens is 571 g/mol. The fourth-order valence-electron chi connectivity index (χ4n) is 4.74. The van der Waals surface area contributed by atoms with Gasteiger partial charge in [0.15, 0.2) is 17.6 Å². The molecule has 0 unspecified atom stereocenters. The Labute approximate surface area is 224 Å². The molecule has 0 radical (unpaired) electrons. The lowest BCUT2D eigenvalue weighted by atomic mass is 9.90. The number of nitrogens with zero attached hydrogens (tertiary/aromatic N) is 2. The van der Waals surface area contributed by atoms with Crippen molar-refractivity contribution in [1.82, 2.24) is 0 Å². The predicted molar refractivity (Wildman–Crippen MR) is 145 cm³/mol. The molecule has 3 aromatic carbocycles. The Morgan fingerprint density at radius 1 is 0.944 bits per heavy atom. The summed E-state index contributed by atoms with van der Waals surface area (Å²) < 4.78 is 12.4. The number of halogens is 1. The van der Waals surface area contributed by atoms with Crippen LogP contribution in [0.25, 0.3) is 0 Å². The molecule has 186 valence electrons. The van der Waals surface area contributed by atoms with E-state index in [0.717, 1.165) is 27.7 Å². The number of hydrogen-bond acceptors (Lipinski definition) is 6. The van der Waals surface area contributed by atoms with Crippen molar-refractivity contribution in [2.75, 3.05) is 23.7 Å². The molecular formula is C28H27IN2O5. The largest absolute Gasteiger partial charge is 0.493 e. The molecule has 8 heteroatoms. The van der Waals surface area contributed by atoms with E-state index >= 15 is 0 Å². The van der Waals surface area contributed by atoms with Gasteiger partial charge < -0.3 is 9.47 Å². The lowest BCUT2D eigenvalue weighted by Gasteiger charge is -2.29. The Balaban J connectivity index is 1.56. The molecule has 0 aliphatic carbocycles. The molecule has 2 saturated heterocycles. The zero-order chi connectivity index (χ0) is 25.2. The van der Waals surface area contributed by atoms with Crippen molar-refractivity contribution in [1.29, 1.82) is 0 Å². The van der Waals surface area contributed by atoms with Crippen LogP contribution in [0, 0.1) is 9.49 Å². The average Bonchev–Trinajstić information content (AvgIpc) is 3.41. The van der Waals surface area contributed by atoms with E-state index in [4.69, 9.17) is 14.3 Å². The van der Waals surface area contributed by atoms with Crippen LogP contribution in [-0.2, 0) is 14.4 Å². The second kappa shape index (κ2) is 10.5. The Morgan fingerprint density at radius 3 is 2.42 bits per heavy atom. The van der Waals surface area contributed by atoms with Crippen molar-refractivity contribution < 1.29 is 23.9 Å². The van der Waals surface area contributed by atoms with E-state index in [2.05, 4.69) is 29.5 Å². The van der Waals surface area contributed by atoms with E-state index < -0.39 is 18.1 Å². The third-order valence-electron chi connectivity index (χ3n) is 6.50. The summed E-state index contributed by atoms with van der Waals surface area (Å²) in [5.41, 5.74) is 2.14. The molecule has 0 spiro atoms. The Bertz CT molecular complexity index is 1270. The minimum Gasteiger partial charge on any atom is -0.493 e. The fraction of sp³-hybridized carbons (Fsp3) is 0.286. The number of unbranched alkanes of at least 4 members (excludes halogenated alkanes) is 1. The van der Waals surface area contributed by atoms with Crippen molar-refractivity contribution in [3.05, 3.63) is 81.9 Å². The smallest absolute Gasteiger partial charge is 0.266 e. The lowest BCUT2D eigenvalue weighted by molar-refractivity contribution is -0.126. The second-order valence-corrected chi connectivity index (χ2v) is 9.90. The highest BCUT2D eigenvalue weighted by atomic mass is 127. The van der Waals surface area contributed by atoms with Gasteiger partial charge in [0.25, 0.3) is 5.91 Å². The Hall–Kier alpha value is -3.11. The number of methoxy groups -OCH3 is 1. The molecule has 0 bridgehead atoms. The summed E-state index contributed by atoms with van der Waals surface area (Å²) in [5.74, 6) is -0.133. The molecule has 2 heterocycles. The zero-order valence-corrected chi connectivity index (χ0v) is 22.3. The molecule has 3 atom stereocenters. The van der Waals surface area contributed by atoms with Crippen LogP contribution in [0.1, 0.15) is 31.4 Å². The van der Waals surface area contributed by atoms with E-state index in [-0.39, 0.29) is 11.8 Å². The van der Waals surface area contributed by atoms with Crippen LogP contribution >= 0.6 is 22.6 Å². The number of anilines is 2. The van der Waals surface area contributed by atoms with E-state index in [0.29, 0.717) is 23.8 Å². The van der Waals surface area contributed by atoms with Crippen LogP contribution in [0.2, 0.25) is 0 Å². The van der Waals surface area contributed by atoms with Gasteiger partial charge in [-0.05, 0) is 71.0 Å². The molecule has 2 aliphatic heterocycles. The molecule has 5 rings (SSSR count). The second-order valence-electron chi connectivity index (χ2n) is 8.73. The van der Waals surface area contributed by atoms with Gasteiger partial charge in [0.2, 0.25) is 5.91 Å². The van der Waals surface area contributed by atoms with Crippen LogP contribution in [0.15, 0.2) is 72.8 Å². The summed E-state index contributed by atoms with van der Waals surface area (Å²) in [6.07, 6.45) is 1.05. The number of benzene rings is 3. The van der Waals surface area contributed by atoms with Gasteiger partial charge in [-0.15, -0.1) is 0 Å². The van der Waals surface area contributed by atoms with Crippen LogP contribution < -0.4 is 19.4 Å². The van der Waals surface area contributed by atoms with Crippen molar-refractivity contribution in [3.8, 4) is 11.5 Å². The van der Waals surface area contributed by atoms with E-state index in [1.165, 1.54) is 4.90 Å². The maximum absolute atomic E-state index is 13.8. The highest BCUT2D eigenvalue weighted by molar-refractivity contribution is 14.1. The number of imide groups is 1. The number of hydrogen-bond donors (Lipinski definition) is 0. The van der Waals surface area contributed by atoms with Crippen LogP contribution in [-0.4, -0.2) is 31.6 Å². The molecule has 36 heavy (non-hydrogen) atoms. The number of hydroxylamine groups is 1. The number of carbonyl (C=O) groups is 2. The van der Waals surface area contributed by atoms with Crippen molar-refractivity contribution in [3.63, 3.8) is 0 Å². The van der Waals surface area contributed by atoms with E-state index in [1.807, 2.05) is 66.7 Å². The van der Waals surface area contributed by atoms with Gasteiger partial charge in [0.05, 0.1) is 31.1 Å². The first kappa shape index (κ1) is 24.6. The van der Waals surface area contributed by atoms with Crippen molar-refractivity contribution in [2.24, 2.45) is 5.92 Å². The van der Waals surface area contributed by atoms with Crippen LogP contribution in [0.5, 0.6) is 11.5 Å². The monoisotopic (exact) mass is 598 g/mol. The number of carbonyl (C=O) groups excluding carboxylic acids is 2. The standard InChI is InChI=1S/C28H27IN2O5/c1-3-4-16-35-22-15-14-18(17-23(22)34-2)25-24-26(36-31(25)19-10-6-5-7-11-19)28(33)30(27(24)32)21-13-9-8-12-20(21)29/h5-15,17,24-26H,3-4,16H2,1-2H3/t24-,25-,26+/m1/s1. The zero-order valence-electron chi connectivity index (χ0n) is 20.1. The van der Waals surface area contributed by atoms with Gasteiger partial charge >= 0.3 is 0 Å². The highest BCUT2D eigenvalue weighted by Crippen LogP contribution is 2.49. The summed E-state index contributed by atoms with van der Waals surface area (Å²) in [6.45, 7) is 2.70. The van der Waals surface area contributed by atoms with E-state index in [9.17, 15) is 9.59 Å². The minimum atomic E-state index is -0.926. The maximum atomic E-state index is 13.8. The first-order valence-electron chi connectivity index (χ1n) is 12.0. The van der Waals surface area contributed by atoms with Crippen LogP contribution in [0.3, 0.4) is 0 Å². The number of rotatable bonds is 8. The predicted octanol–water partition coefficient (Wildman–Crippen LogP) is 5.53. The first-order chi connectivity index (χ1) is 17.5. The number of ether oxygens (including phenoxy) is 2. The summed E-state index contributed by atoms with van der Waals surface area (Å²) >= 11 is 2.14. The summed E-state index contributed by atoms with van der Waals surface area (Å²) in [5, 5.41) is 1.69. The van der Waals surface area contributed by atoms with Gasteiger partial charge in [0.1, 0.15) is 5.92 Å². The number of para-hydroxylation sites is 2. The Morgan fingerprint density at radius 2 is 1.69 bits per heavy atom. The normalized spacial score (nSPS) is 21.1. The molecule has 0 aromatic heterocycles. The summed E-state index contributed by atoms with van der Waals surface area (Å²) in [4.78, 5) is 34.9. The number of amides is 2. The van der Waals surface area contributed by atoms with Crippen molar-refractivity contribution in [2.45, 2.75) is 31.9 Å². The number of fused-ring (bicyclic) bond motifs is 1. The quantitative estimate of drug-likeness (QED) is 0.193. The third-order valence-corrected chi connectivity index (χ3v) is 7.42. The molecule has 2 aliphatic rings. The first-order valence-corrected chi connectivity index (χ1v) is 13.1. The minimum absolute atomic E-state index is 0.278. The molecule has 7 nitrogen and oxygen atoms in total. The average molecular weight is 598 g/mol. The summed E-state index contributed by atoms with van der Waals surface area (Å²) in [6, 6.07) is 22.0. The molecule has 0 N–H and O–H groups in total. The van der Waals surface area contributed by atoms with Crippen LogP contribution in [0.4, 0.5) is 11.4 Å². The van der Waals surface area contributed by atoms with Gasteiger partial charge in [0, 0.05) is 3.57 Å². The highest BCUT2D eigenvalue weighted by Gasteiger charge is 2.60. The van der Waals surface area contributed by atoms with Gasteiger partial charge in [-0.1, -0.05) is 49.7 Å². The molecule has 3 aromatic rings. The molecule has 2 fully saturated rings. The maximum Gasteiger partial charge on any atom is 0.266 e. The fourth-order valence-corrected chi connectivity index (χ4v) is 5.37. The van der Waals surface area contributed by atoms with Gasteiger partial charge in [-0.2, -0.15) is 0 Å². The van der Waals surface area contributed by atoms with Gasteiger partial charge in [-0.3, -0.25) is 14.4 Å². The Kier molecular flexibility index (Phi) is 7.15. The van der Waals surface area contributed by atoms with Gasteiger partial charge in [-0.25, -0.2) is 9.96 Å². The topological polar surface area (TPSA) is 68.3 Å².